The van der Waals surface area contributed by atoms with Gasteiger partial charge in [0.2, 0.25) is 0 Å². The summed E-state index contributed by atoms with van der Waals surface area (Å²) in [5.74, 6) is 0. The molecule has 1 N–H and O–H groups in total. The fourth-order valence-corrected chi connectivity index (χ4v) is 4.48. The quantitative estimate of drug-likeness (QED) is 0.899. The molecule has 0 spiro atoms. The minimum absolute atomic E-state index is 0.480. The van der Waals surface area contributed by atoms with Crippen molar-refractivity contribution in [2.75, 3.05) is 0 Å². The average Bonchev–Trinajstić information content (AvgIpc) is 2.77. The van der Waals surface area contributed by atoms with Crippen LogP contribution in [0.3, 0.4) is 0 Å². The van der Waals surface area contributed by atoms with Crippen LogP contribution in [0.25, 0.3) is 0 Å². The number of aryl methyl sites for hydroxylation is 2. The van der Waals surface area contributed by atoms with Crippen LogP contribution >= 0.6 is 27.3 Å². The summed E-state index contributed by atoms with van der Waals surface area (Å²) in [6.45, 7) is 2.89. The third-order valence-corrected chi connectivity index (χ3v) is 5.27. The molecule has 0 saturated heterocycles. The molecule has 0 saturated carbocycles. The van der Waals surface area contributed by atoms with E-state index in [1.165, 1.54) is 33.5 Å². The Balaban J connectivity index is 1.71. The summed E-state index contributed by atoms with van der Waals surface area (Å²) in [6.07, 6.45) is 3.73. The largest absolute Gasteiger partial charge is 0.304 e. The predicted octanol–water partition coefficient (Wildman–Crippen LogP) is 4.38. The van der Waals surface area contributed by atoms with E-state index in [4.69, 9.17) is 0 Å². The molecule has 1 atom stereocenters. The molecule has 1 aliphatic rings. The number of pyridine rings is 1. The van der Waals surface area contributed by atoms with Crippen molar-refractivity contribution in [3.8, 4) is 0 Å². The summed E-state index contributed by atoms with van der Waals surface area (Å²) in [6, 6.07) is 8.97. The molecule has 2 aromatic heterocycles. The van der Waals surface area contributed by atoms with Gasteiger partial charge in [-0.1, -0.05) is 6.07 Å². The van der Waals surface area contributed by atoms with Crippen LogP contribution in [0.1, 0.15) is 40.7 Å². The molecule has 19 heavy (non-hydrogen) atoms. The van der Waals surface area contributed by atoms with Crippen molar-refractivity contribution in [2.24, 2.45) is 0 Å². The van der Waals surface area contributed by atoms with Crippen molar-refractivity contribution in [3.05, 3.63) is 49.9 Å². The molecule has 2 heterocycles. The zero-order valence-corrected chi connectivity index (χ0v) is 13.4. The smallest absolute Gasteiger partial charge is 0.0704 e. The fourth-order valence-electron chi connectivity index (χ4n) is 2.66. The number of thiophene rings is 1. The van der Waals surface area contributed by atoms with E-state index in [9.17, 15) is 0 Å². The van der Waals surface area contributed by atoms with Gasteiger partial charge < -0.3 is 5.32 Å². The minimum atomic E-state index is 0.480. The molecule has 4 heteroatoms. The highest BCUT2D eigenvalue weighted by atomic mass is 79.9. The van der Waals surface area contributed by atoms with Gasteiger partial charge in [0.1, 0.15) is 0 Å². The van der Waals surface area contributed by atoms with Crippen LogP contribution in [0, 0.1) is 6.92 Å². The van der Waals surface area contributed by atoms with Gasteiger partial charge in [-0.3, -0.25) is 4.98 Å². The lowest BCUT2D eigenvalue weighted by molar-refractivity contribution is 0.460. The van der Waals surface area contributed by atoms with E-state index < -0.39 is 0 Å². The zero-order chi connectivity index (χ0) is 13.2. The highest BCUT2D eigenvalue weighted by Crippen LogP contribution is 2.37. The molecule has 0 radical (unpaired) electrons. The Kier molecular flexibility index (Phi) is 4.01. The van der Waals surface area contributed by atoms with E-state index in [0.717, 1.165) is 17.9 Å². The van der Waals surface area contributed by atoms with Gasteiger partial charge in [-0.15, -0.1) is 11.3 Å². The van der Waals surface area contributed by atoms with Crippen molar-refractivity contribution >= 4 is 27.3 Å². The van der Waals surface area contributed by atoms with Crippen LogP contribution in [0.15, 0.2) is 28.1 Å². The summed E-state index contributed by atoms with van der Waals surface area (Å²) in [4.78, 5) is 6.08. The Morgan fingerprint density at radius 3 is 3.21 bits per heavy atom. The van der Waals surface area contributed by atoms with Gasteiger partial charge in [0.05, 0.1) is 9.48 Å². The Morgan fingerprint density at radius 2 is 2.37 bits per heavy atom. The Morgan fingerprint density at radius 1 is 1.47 bits per heavy atom. The van der Waals surface area contributed by atoms with E-state index in [-0.39, 0.29) is 0 Å². The molecule has 2 nitrogen and oxygen atoms in total. The number of nitrogens with zero attached hydrogens (tertiary/aromatic N) is 1. The van der Waals surface area contributed by atoms with E-state index in [2.05, 4.69) is 44.4 Å². The van der Waals surface area contributed by atoms with Crippen LogP contribution in [0.2, 0.25) is 0 Å². The first kappa shape index (κ1) is 13.3. The van der Waals surface area contributed by atoms with Crippen molar-refractivity contribution in [1.29, 1.82) is 0 Å². The van der Waals surface area contributed by atoms with Gasteiger partial charge in [0.15, 0.2) is 0 Å². The molecule has 0 aliphatic heterocycles. The number of halogens is 1. The number of rotatable bonds is 3. The maximum absolute atomic E-state index is 4.55. The number of aromatic nitrogens is 1. The normalized spacial score (nSPS) is 18.3. The molecule has 1 unspecified atom stereocenters. The van der Waals surface area contributed by atoms with Crippen molar-refractivity contribution in [2.45, 2.75) is 38.8 Å². The molecular weight excluding hydrogens is 320 g/mol. The second kappa shape index (κ2) is 5.73. The van der Waals surface area contributed by atoms with Crippen LogP contribution in [-0.4, -0.2) is 4.98 Å². The molecule has 1 aliphatic carbocycles. The number of nitrogens with one attached hydrogen (secondary N) is 1. The van der Waals surface area contributed by atoms with Gasteiger partial charge in [-0.25, -0.2) is 0 Å². The molecule has 0 fully saturated rings. The first-order valence-electron chi connectivity index (χ1n) is 6.66. The molecular formula is C15H17BrN2S. The predicted molar refractivity (Wildman–Crippen MR) is 83.5 cm³/mol. The fraction of sp³-hybridized carbons (Fsp3) is 0.400. The van der Waals surface area contributed by atoms with Crippen LogP contribution in [0.5, 0.6) is 0 Å². The summed E-state index contributed by atoms with van der Waals surface area (Å²) in [5, 5.41) is 3.66. The van der Waals surface area contributed by atoms with Crippen LogP contribution in [-0.2, 0) is 13.0 Å². The summed E-state index contributed by atoms with van der Waals surface area (Å²) in [5.41, 5.74) is 3.69. The monoisotopic (exact) mass is 336 g/mol. The molecule has 100 valence electrons. The second-order valence-corrected chi connectivity index (χ2v) is 7.54. The first-order valence-corrected chi connectivity index (χ1v) is 8.27. The lowest BCUT2D eigenvalue weighted by atomic mass is 9.94. The van der Waals surface area contributed by atoms with E-state index >= 15 is 0 Å². The van der Waals surface area contributed by atoms with Crippen molar-refractivity contribution in [3.63, 3.8) is 0 Å². The summed E-state index contributed by atoms with van der Waals surface area (Å²) < 4.78 is 1.25. The van der Waals surface area contributed by atoms with Gasteiger partial charge >= 0.3 is 0 Å². The SMILES string of the molecule is Cc1cccc(CNC2CCCc3sc(Br)cc32)n1. The summed E-state index contributed by atoms with van der Waals surface area (Å²) >= 11 is 5.48. The molecule has 0 bridgehead atoms. The topological polar surface area (TPSA) is 24.9 Å². The van der Waals surface area contributed by atoms with Crippen LogP contribution in [0.4, 0.5) is 0 Å². The van der Waals surface area contributed by atoms with Crippen LogP contribution < -0.4 is 5.32 Å². The minimum Gasteiger partial charge on any atom is -0.304 e. The van der Waals surface area contributed by atoms with Gasteiger partial charge in [0, 0.05) is 23.2 Å². The summed E-state index contributed by atoms with van der Waals surface area (Å²) in [7, 11) is 0. The van der Waals surface area contributed by atoms with E-state index in [0.29, 0.717) is 6.04 Å². The maximum Gasteiger partial charge on any atom is 0.0704 e. The Hall–Kier alpha value is -0.710. The zero-order valence-electron chi connectivity index (χ0n) is 10.9. The number of hydrogen-bond acceptors (Lipinski definition) is 3. The van der Waals surface area contributed by atoms with Gasteiger partial charge in [0.25, 0.3) is 0 Å². The number of fused-ring (bicyclic) bond motifs is 1. The van der Waals surface area contributed by atoms with Gasteiger partial charge in [-0.2, -0.15) is 0 Å². The first-order chi connectivity index (χ1) is 9.22. The van der Waals surface area contributed by atoms with Crippen molar-refractivity contribution in [1.82, 2.24) is 10.3 Å². The lowest BCUT2D eigenvalue weighted by Crippen LogP contribution is -2.24. The Bertz CT molecular complexity index is 579. The second-order valence-electron chi connectivity index (χ2n) is 5.03. The lowest BCUT2D eigenvalue weighted by Gasteiger charge is -2.23. The highest BCUT2D eigenvalue weighted by molar-refractivity contribution is 9.11. The van der Waals surface area contributed by atoms with Crippen molar-refractivity contribution < 1.29 is 0 Å². The highest BCUT2D eigenvalue weighted by Gasteiger charge is 2.22. The molecule has 2 aromatic rings. The Labute approximate surface area is 126 Å². The molecule has 0 amide bonds. The maximum atomic E-state index is 4.55. The molecule has 3 rings (SSSR count). The third-order valence-electron chi connectivity index (χ3n) is 3.56. The van der Waals surface area contributed by atoms with E-state index in [1.807, 2.05) is 24.3 Å². The van der Waals surface area contributed by atoms with Gasteiger partial charge in [-0.05, 0) is 65.9 Å². The third kappa shape index (κ3) is 3.07. The molecule has 0 aromatic carbocycles. The van der Waals surface area contributed by atoms with E-state index in [1.54, 1.807) is 0 Å². The standard InChI is InChI=1S/C15H17BrN2S/c1-10-4-2-5-11(18-10)9-17-13-6-3-7-14-12(13)8-15(16)19-14/h2,4-5,8,13,17H,3,6-7,9H2,1H3. The average molecular weight is 337 g/mol. The number of hydrogen-bond donors (Lipinski definition) is 1.